The molecule has 0 aliphatic heterocycles. The van der Waals surface area contributed by atoms with Crippen molar-refractivity contribution in [1.82, 2.24) is 10.7 Å². The molecule has 0 amide bonds. The standard InChI is InChI=1S/C19H23N5O4S2/c1-12(2)11-20-19(29)22-21-17-8-6-15(24(25)26)10-18(17)30(27,28)23-16-7-5-13(3)9-14(16)4/h5-10,21,23H,1,11H2,2-4H3,(H2,20,22,29). The normalized spacial score (nSPS) is 10.8. The molecule has 0 aliphatic carbocycles. The van der Waals surface area contributed by atoms with Crippen LogP contribution >= 0.6 is 12.2 Å². The highest BCUT2D eigenvalue weighted by Gasteiger charge is 2.23. The van der Waals surface area contributed by atoms with E-state index in [-0.39, 0.29) is 21.4 Å². The number of non-ortho nitro benzene ring substituents is 1. The first kappa shape index (κ1) is 23.1. The number of sulfonamides is 1. The van der Waals surface area contributed by atoms with Gasteiger partial charge in [0.05, 0.1) is 16.3 Å². The second kappa shape index (κ2) is 9.55. The molecular formula is C19H23N5O4S2. The van der Waals surface area contributed by atoms with Gasteiger partial charge in [0, 0.05) is 18.7 Å². The third kappa shape index (κ3) is 6.16. The lowest BCUT2D eigenvalue weighted by atomic mass is 10.1. The van der Waals surface area contributed by atoms with E-state index in [1.807, 2.05) is 19.9 Å². The maximum Gasteiger partial charge on any atom is 0.270 e. The highest BCUT2D eigenvalue weighted by Crippen LogP contribution is 2.29. The summed E-state index contributed by atoms with van der Waals surface area (Å²) in [4.78, 5) is 10.2. The Hall–Kier alpha value is -3.18. The largest absolute Gasteiger partial charge is 0.358 e. The first-order chi connectivity index (χ1) is 14.0. The Kier molecular flexibility index (Phi) is 7.35. The average molecular weight is 450 g/mol. The number of hydrogen-bond donors (Lipinski definition) is 4. The fourth-order valence-corrected chi connectivity index (χ4v) is 3.91. The SMILES string of the molecule is C=C(C)CNC(=S)NNc1ccc([N+](=O)[O-])cc1S(=O)(=O)Nc1ccc(C)cc1C. The summed E-state index contributed by atoms with van der Waals surface area (Å²) < 4.78 is 28.6. The molecule has 0 atom stereocenters. The lowest BCUT2D eigenvalue weighted by Gasteiger charge is -2.17. The van der Waals surface area contributed by atoms with Crippen molar-refractivity contribution in [2.75, 3.05) is 16.7 Å². The van der Waals surface area contributed by atoms with Crippen LogP contribution < -0.4 is 20.9 Å². The molecule has 30 heavy (non-hydrogen) atoms. The van der Waals surface area contributed by atoms with Crippen LogP contribution in [0.25, 0.3) is 0 Å². The summed E-state index contributed by atoms with van der Waals surface area (Å²) in [5.74, 6) is 0. The van der Waals surface area contributed by atoms with Crippen LogP contribution in [-0.4, -0.2) is 25.0 Å². The molecule has 0 bridgehead atoms. The molecule has 0 saturated carbocycles. The summed E-state index contributed by atoms with van der Waals surface area (Å²) in [6.45, 7) is 9.67. The summed E-state index contributed by atoms with van der Waals surface area (Å²) in [6, 6.07) is 8.72. The zero-order valence-electron chi connectivity index (χ0n) is 16.8. The van der Waals surface area contributed by atoms with Crippen molar-refractivity contribution >= 4 is 44.4 Å². The molecule has 4 N–H and O–H groups in total. The van der Waals surface area contributed by atoms with Gasteiger partial charge < -0.3 is 5.32 Å². The lowest BCUT2D eigenvalue weighted by molar-refractivity contribution is -0.385. The van der Waals surface area contributed by atoms with Crippen LogP contribution in [0.15, 0.2) is 53.4 Å². The molecule has 160 valence electrons. The van der Waals surface area contributed by atoms with Crippen molar-refractivity contribution in [3.8, 4) is 0 Å². The highest BCUT2D eigenvalue weighted by atomic mass is 32.2. The number of anilines is 2. The number of nitro groups is 1. The molecule has 0 heterocycles. The number of nitrogens with zero attached hydrogens (tertiary/aromatic N) is 1. The Bertz CT molecular complexity index is 1100. The molecule has 0 fully saturated rings. The quantitative estimate of drug-likeness (QED) is 0.209. The van der Waals surface area contributed by atoms with E-state index < -0.39 is 14.9 Å². The van der Waals surface area contributed by atoms with E-state index in [0.717, 1.165) is 22.8 Å². The molecule has 11 heteroatoms. The van der Waals surface area contributed by atoms with E-state index in [1.165, 1.54) is 12.1 Å². The van der Waals surface area contributed by atoms with Gasteiger partial charge in [0.2, 0.25) is 0 Å². The molecule has 0 spiro atoms. The molecule has 9 nitrogen and oxygen atoms in total. The number of hydrazine groups is 1. The Morgan fingerprint density at radius 3 is 2.43 bits per heavy atom. The first-order valence-corrected chi connectivity index (χ1v) is 10.7. The van der Waals surface area contributed by atoms with Gasteiger partial charge in [-0.2, -0.15) is 0 Å². The van der Waals surface area contributed by atoms with Gasteiger partial charge in [0.15, 0.2) is 5.11 Å². The zero-order chi connectivity index (χ0) is 22.5. The number of nitro benzene ring substituents is 1. The molecule has 2 aromatic carbocycles. The summed E-state index contributed by atoms with van der Waals surface area (Å²) in [7, 11) is -4.14. The van der Waals surface area contributed by atoms with E-state index in [4.69, 9.17) is 12.2 Å². The summed E-state index contributed by atoms with van der Waals surface area (Å²) in [5.41, 5.74) is 8.04. The number of nitrogens with one attached hydrogen (secondary N) is 4. The van der Waals surface area contributed by atoms with Gasteiger partial charge in [0.1, 0.15) is 4.90 Å². The maximum atomic E-state index is 13.0. The topological polar surface area (TPSA) is 125 Å². The monoisotopic (exact) mass is 449 g/mol. The third-order valence-electron chi connectivity index (χ3n) is 3.95. The van der Waals surface area contributed by atoms with Crippen LogP contribution in [-0.2, 0) is 10.0 Å². The van der Waals surface area contributed by atoms with Gasteiger partial charge >= 0.3 is 0 Å². The third-order valence-corrected chi connectivity index (χ3v) is 5.61. The minimum Gasteiger partial charge on any atom is -0.358 e. The van der Waals surface area contributed by atoms with Gasteiger partial charge in [-0.25, -0.2) is 8.42 Å². The van der Waals surface area contributed by atoms with E-state index in [9.17, 15) is 18.5 Å². The number of benzene rings is 2. The van der Waals surface area contributed by atoms with Gasteiger partial charge in [0.25, 0.3) is 15.7 Å². The fourth-order valence-electron chi connectivity index (χ4n) is 2.48. The molecule has 2 rings (SSSR count). The molecule has 0 aromatic heterocycles. The Balaban J connectivity index is 2.35. The summed E-state index contributed by atoms with van der Waals surface area (Å²) >= 11 is 5.11. The van der Waals surface area contributed by atoms with Crippen LogP contribution in [0.3, 0.4) is 0 Å². The van der Waals surface area contributed by atoms with E-state index in [2.05, 4.69) is 27.5 Å². The predicted octanol–water partition coefficient (Wildman–Crippen LogP) is 3.38. The molecule has 0 unspecified atom stereocenters. The number of thiocarbonyl (C=S) groups is 1. The average Bonchev–Trinajstić information content (AvgIpc) is 2.66. The van der Waals surface area contributed by atoms with Crippen LogP contribution in [0.2, 0.25) is 0 Å². The zero-order valence-corrected chi connectivity index (χ0v) is 18.4. The number of hydrogen-bond acceptors (Lipinski definition) is 6. The fraction of sp³-hybridized carbons (Fsp3) is 0.211. The lowest BCUT2D eigenvalue weighted by Crippen LogP contribution is -2.39. The van der Waals surface area contributed by atoms with Crippen molar-refractivity contribution in [1.29, 1.82) is 0 Å². The van der Waals surface area contributed by atoms with Gasteiger partial charge in [-0.05, 0) is 50.7 Å². The van der Waals surface area contributed by atoms with Crippen LogP contribution in [0.5, 0.6) is 0 Å². The Morgan fingerprint density at radius 1 is 1.17 bits per heavy atom. The Labute approximate surface area is 180 Å². The van der Waals surface area contributed by atoms with E-state index >= 15 is 0 Å². The maximum absolute atomic E-state index is 13.0. The predicted molar refractivity (Wildman–Crippen MR) is 122 cm³/mol. The smallest absolute Gasteiger partial charge is 0.270 e. The van der Waals surface area contributed by atoms with Crippen LogP contribution in [0.1, 0.15) is 18.1 Å². The highest BCUT2D eigenvalue weighted by molar-refractivity contribution is 7.93. The molecule has 2 aromatic rings. The van der Waals surface area contributed by atoms with Crippen molar-refractivity contribution < 1.29 is 13.3 Å². The van der Waals surface area contributed by atoms with Crippen molar-refractivity contribution in [3.05, 3.63) is 69.8 Å². The first-order valence-electron chi connectivity index (χ1n) is 8.82. The van der Waals surface area contributed by atoms with Crippen molar-refractivity contribution in [2.24, 2.45) is 0 Å². The summed E-state index contributed by atoms with van der Waals surface area (Å²) in [6.07, 6.45) is 0. The molecular weight excluding hydrogens is 426 g/mol. The second-order valence-electron chi connectivity index (χ2n) is 6.75. The van der Waals surface area contributed by atoms with Crippen LogP contribution in [0, 0.1) is 24.0 Å². The molecule has 0 aliphatic rings. The number of rotatable bonds is 8. The van der Waals surface area contributed by atoms with Crippen LogP contribution in [0.4, 0.5) is 17.1 Å². The van der Waals surface area contributed by atoms with Gasteiger partial charge in [-0.15, -0.1) is 0 Å². The Morgan fingerprint density at radius 2 is 1.83 bits per heavy atom. The number of aryl methyl sites for hydroxylation is 2. The second-order valence-corrected chi connectivity index (χ2v) is 8.81. The van der Waals surface area contributed by atoms with Crippen molar-refractivity contribution in [2.45, 2.75) is 25.7 Å². The minimum absolute atomic E-state index is 0.0948. The summed E-state index contributed by atoms with van der Waals surface area (Å²) in [5, 5.41) is 14.3. The van der Waals surface area contributed by atoms with E-state index in [0.29, 0.717) is 12.2 Å². The van der Waals surface area contributed by atoms with Gasteiger partial charge in [-0.1, -0.05) is 29.8 Å². The molecule has 0 radical (unpaired) electrons. The van der Waals surface area contributed by atoms with Gasteiger partial charge in [-0.3, -0.25) is 25.7 Å². The van der Waals surface area contributed by atoms with Crippen molar-refractivity contribution in [3.63, 3.8) is 0 Å². The minimum atomic E-state index is -4.14. The molecule has 0 saturated heterocycles. The van der Waals surface area contributed by atoms with E-state index in [1.54, 1.807) is 19.1 Å².